The maximum atomic E-state index is 10.5. The first-order valence-corrected chi connectivity index (χ1v) is 7.42. The zero-order chi connectivity index (χ0) is 14.7. The second-order valence-electron chi connectivity index (χ2n) is 5.58. The third-order valence-corrected chi connectivity index (χ3v) is 4.20. The van der Waals surface area contributed by atoms with Crippen molar-refractivity contribution in [2.75, 3.05) is 18.8 Å². The Balaban J connectivity index is 1.73. The molecule has 1 fully saturated rings. The molecule has 3 rings (SSSR count). The van der Waals surface area contributed by atoms with Crippen LogP contribution in [0.1, 0.15) is 36.1 Å². The first-order chi connectivity index (χ1) is 10.3. The number of hydrogen-bond acceptors (Lipinski definition) is 4. The van der Waals surface area contributed by atoms with Crippen molar-refractivity contribution in [1.82, 2.24) is 9.88 Å². The van der Waals surface area contributed by atoms with E-state index < -0.39 is 6.10 Å². The third-order valence-electron chi connectivity index (χ3n) is 4.20. The van der Waals surface area contributed by atoms with Gasteiger partial charge in [-0.1, -0.05) is 24.3 Å². The number of anilines is 1. The number of nitrogens with zero attached hydrogens (tertiary/aromatic N) is 2. The number of aliphatic hydroxyl groups is 1. The van der Waals surface area contributed by atoms with Crippen LogP contribution in [-0.2, 0) is 0 Å². The summed E-state index contributed by atoms with van der Waals surface area (Å²) in [4.78, 5) is 6.53. The van der Waals surface area contributed by atoms with Crippen molar-refractivity contribution in [3.63, 3.8) is 0 Å². The molecule has 1 saturated heterocycles. The summed E-state index contributed by atoms with van der Waals surface area (Å²) in [5.74, 6) is 0. The van der Waals surface area contributed by atoms with E-state index in [4.69, 9.17) is 5.73 Å². The lowest BCUT2D eigenvalue weighted by Gasteiger charge is -2.27. The first kappa shape index (κ1) is 14.0. The summed E-state index contributed by atoms with van der Waals surface area (Å²) in [6, 6.07) is 12.0. The van der Waals surface area contributed by atoms with Crippen LogP contribution in [0.2, 0.25) is 0 Å². The molecule has 1 aliphatic heterocycles. The lowest BCUT2D eigenvalue weighted by molar-refractivity contribution is 0.106. The fraction of sp³-hybridized carbons (Fsp3) is 0.353. The van der Waals surface area contributed by atoms with Crippen molar-refractivity contribution in [1.29, 1.82) is 0 Å². The molecule has 21 heavy (non-hydrogen) atoms. The van der Waals surface area contributed by atoms with Gasteiger partial charge in [-0.25, -0.2) is 0 Å². The molecule has 3 N–H and O–H groups in total. The Morgan fingerprint density at radius 2 is 2.14 bits per heavy atom. The van der Waals surface area contributed by atoms with E-state index in [9.17, 15) is 5.11 Å². The molecule has 2 heterocycles. The van der Waals surface area contributed by atoms with Crippen molar-refractivity contribution >= 4 is 5.69 Å². The van der Waals surface area contributed by atoms with Gasteiger partial charge in [0.15, 0.2) is 0 Å². The Morgan fingerprint density at radius 1 is 1.29 bits per heavy atom. The van der Waals surface area contributed by atoms with E-state index in [0.29, 0.717) is 18.3 Å². The quantitative estimate of drug-likeness (QED) is 0.846. The summed E-state index contributed by atoms with van der Waals surface area (Å²) >= 11 is 0. The lowest BCUT2D eigenvalue weighted by atomic mass is 10.0. The van der Waals surface area contributed by atoms with Gasteiger partial charge in [-0.15, -0.1) is 0 Å². The average molecular weight is 283 g/mol. The van der Waals surface area contributed by atoms with Gasteiger partial charge >= 0.3 is 0 Å². The highest BCUT2D eigenvalue weighted by atomic mass is 16.3. The molecular formula is C17H21N3O. The molecule has 2 unspecified atom stereocenters. The molecule has 2 atom stereocenters. The van der Waals surface area contributed by atoms with E-state index in [2.05, 4.69) is 16.0 Å². The third kappa shape index (κ3) is 3.06. The van der Waals surface area contributed by atoms with E-state index in [-0.39, 0.29) is 0 Å². The second kappa shape index (κ2) is 6.24. The number of likely N-dealkylation sites (tertiary alicyclic amines) is 1. The fourth-order valence-corrected chi connectivity index (χ4v) is 3.13. The molecule has 1 aliphatic rings. The number of nitrogens with two attached hydrogens (primary N) is 1. The van der Waals surface area contributed by atoms with Crippen LogP contribution in [0.4, 0.5) is 5.69 Å². The number of pyridine rings is 1. The van der Waals surface area contributed by atoms with Crippen molar-refractivity contribution in [3.05, 3.63) is 59.9 Å². The Morgan fingerprint density at radius 3 is 2.90 bits per heavy atom. The van der Waals surface area contributed by atoms with E-state index >= 15 is 0 Å². The van der Waals surface area contributed by atoms with Gasteiger partial charge < -0.3 is 10.8 Å². The van der Waals surface area contributed by atoms with E-state index in [1.54, 1.807) is 6.20 Å². The van der Waals surface area contributed by atoms with Gasteiger partial charge in [0.2, 0.25) is 0 Å². The lowest BCUT2D eigenvalue weighted by Crippen LogP contribution is -2.28. The van der Waals surface area contributed by atoms with Crippen LogP contribution in [0.25, 0.3) is 0 Å². The number of hydrogen-bond donors (Lipinski definition) is 2. The van der Waals surface area contributed by atoms with Crippen LogP contribution in [0.3, 0.4) is 0 Å². The summed E-state index contributed by atoms with van der Waals surface area (Å²) < 4.78 is 0. The van der Waals surface area contributed by atoms with Crippen molar-refractivity contribution < 1.29 is 5.11 Å². The monoisotopic (exact) mass is 283 g/mol. The highest BCUT2D eigenvalue weighted by Crippen LogP contribution is 2.33. The Kier molecular flexibility index (Phi) is 4.18. The normalized spacial score (nSPS) is 20.5. The van der Waals surface area contributed by atoms with Crippen LogP contribution >= 0.6 is 0 Å². The molecule has 0 saturated carbocycles. The van der Waals surface area contributed by atoms with E-state index in [0.717, 1.165) is 24.9 Å². The summed E-state index contributed by atoms with van der Waals surface area (Å²) in [6.45, 7) is 1.61. The summed E-state index contributed by atoms with van der Waals surface area (Å²) in [6.07, 6.45) is 5.43. The molecule has 4 heteroatoms. The van der Waals surface area contributed by atoms with Crippen LogP contribution in [0.5, 0.6) is 0 Å². The second-order valence-corrected chi connectivity index (χ2v) is 5.58. The molecule has 4 nitrogen and oxygen atoms in total. The standard InChI is InChI=1S/C17H21N3O/c18-15-7-2-1-6-14(15)17(21)12-20-10-4-8-16(20)13-5-3-9-19-11-13/h1-3,5-7,9,11,16-17,21H,4,8,10,12,18H2. The Bertz CT molecular complexity index is 588. The van der Waals surface area contributed by atoms with Gasteiger partial charge in [-0.05, 0) is 37.1 Å². The highest BCUT2D eigenvalue weighted by molar-refractivity contribution is 5.47. The molecule has 0 bridgehead atoms. The largest absolute Gasteiger partial charge is 0.398 e. The number of β-amino-alcohol motifs (C(OH)–C–C–N with tert-alkyl or cyclic N) is 1. The predicted octanol–water partition coefficient (Wildman–Crippen LogP) is 2.53. The van der Waals surface area contributed by atoms with Gasteiger partial charge in [0.1, 0.15) is 0 Å². The minimum Gasteiger partial charge on any atom is -0.398 e. The van der Waals surface area contributed by atoms with Crippen LogP contribution < -0.4 is 5.73 Å². The molecule has 2 aromatic rings. The smallest absolute Gasteiger partial charge is 0.0936 e. The van der Waals surface area contributed by atoms with Crippen molar-refractivity contribution in [2.24, 2.45) is 0 Å². The zero-order valence-corrected chi connectivity index (χ0v) is 12.0. The van der Waals surface area contributed by atoms with Crippen LogP contribution in [-0.4, -0.2) is 28.1 Å². The number of benzene rings is 1. The number of aromatic nitrogens is 1. The molecule has 0 spiro atoms. The first-order valence-electron chi connectivity index (χ1n) is 7.42. The molecule has 1 aromatic carbocycles. The van der Waals surface area contributed by atoms with Crippen molar-refractivity contribution in [3.8, 4) is 0 Å². The molecule has 110 valence electrons. The topological polar surface area (TPSA) is 62.4 Å². The summed E-state index contributed by atoms with van der Waals surface area (Å²) in [5.41, 5.74) is 8.65. The van der Waals surface area contributed by atoms with Gasteiger partial charge in [-0.2, -0.15) is 0 Å². The Hall–Kier alpha value is -1.91. The van der Waals surface area contributed by atoms with Crippen LogP contribution in [0, 0.1) is 0 Å². The van der Waals surface area contributed by atoms with E-state index in [1.807, 2.05) is 36.5 Å². The maximum absolute atomic E-state index is 10.5. The fourth-order valence-electron chi connectivity index (χ4n) is 3.13. The zero-order valence-electron chi connectivity index (χ0n) is 12.0. The average Bonchev–Trinajstić information content (AvgIpc) is 2.96. The molecule has 1 aromatic heterocycles. The van der Waals surface area contributed by atoms with Gasteiger partial charge in [0.25, 0.3) is 0 Å². The SMILES string of the molecule is Nc1ccccc1C(O)CN1CCCC1c1cccnc1. The highest BCUT2D eigenvalue weighted by Gasteiger charge is 2.28. The minimum absolute atomic E-state index is 0.346. The number of aliphatic hydroxyl groups excluding tert-OH is 1. The van der Waals surface area contributed by atoms with Gasteiger partial charge in [-0.3, -0.25) is 9.88 Å². The van der Waals surface area contributed by atoms with Gasteiger partial charge in [0, 0.05) is 36.2 Å². The van der Waals surface area contributed by atoms with E-state index in [1.165, 1.54) is 5.56 Å². The number of para-hydroxylation sites is 1. The summed E-state index contributed by atoms with van der Waals surface area (Å²) in [5, 5.41) is 10.5. The maximum Gasteiger partial charge on any atom is 0.0936 e. The number of rotatable bonds is 4. The Labute approximate surface area is 125 Å². The summed E-state index contributed by atoms with van der Waals surface area (Å²) in [7, 11) is 0. The number of nitrogen functional groups attached to an aromatic ring is 1. The van der Waals surface area contributed by atoms with Crippen LogP contribution in [0.15, 0.2) is 48.8 Å². The predicted molar refractivity (Wildman–Crippen MR) is 83.6 cm³/mol. The van der Waals surface area contributed by atoms with Crippen molar-refractivity contribution in [2.45, 2.75) is 25.0 Å². The molecule has 0 aliphatic carbocycles. The minimum atomic E-state index is -0.552. The molecule has 0 amide bonds. The molecule has 0 radical (unpaired) electrons. The molecular weight excluding hydrogens is 262 g/mol. The van der Waals surface area contributed by atoms with Gasteiger partial charge in [0.05, 0.1) is 6.10 Å².